The van der Waals surface area contributed by atoms with Crippen LogP contribution in [0.2, 0.25) is 0 Å². The van der Waals surface area contributed by atoms with Crippen LogP contribution in [0.5, 0.6) is 11.5 Å². The van der Waals surface area contributed by atoms with Crippen molar-refractivity contribution in [2.24, 2.45) is 11.7 Å². The van der Waals surface area contributed by atoms with Crippen LogP contribution in [0.4, 0.5) is 5.69 Å². The average Bonchev–Trinajstić information content (AvgIpc) is 2.95. The largest absolute Gasteiger partial charge is 0.454 e. The van der Waals surface area contributed by atoms with Gasteiger partial charge in [0.15, 0.2) is 11.5 Å². The molecule has 21 heavy (non-hydrogen) atoms. The third-order valence-corrected chi connectivity index (χ3v) is 3.96. The fraction of sp³-hybridized carbons (Fsp3) is 0.533. The lowest BCUT2D eigenvalue weighted by Crippen LogP contribution is -2.42. The van der Waals surface area contributed by atoms with E-state index < -0.39 is 0 Å². The molecule has 1 aromatic rings. The maximum absolute atomic E-state index is 12.1. The number of hydrogen-bond acceptors (Lipinski definition) is 5. The van der Waals surface area contributed by atoms with Crippen molar-refractivity contribution in [3.8, 4) is 11.5 Å². The van der Waals surface area contributed by atoms with Crippen molar-refractivity contribution in [1.82, 2.24) is 4.90 Å². The molecular weight excluding hydrogens is 270 g/mol. The minimum absolute atomic E-state index is 0.00784. The molecule has 2 aliphatic heterocycles. The molecule has 3 rings (SSSR count). The van der Waals surface area contributed by atoms with Gasteiger partial charge in [0.2, 0.25) is 12.7 Å². The summed E-state index contributed by atoms with van der Waals surface area (Å²) in [5, 5.41) is 2.90. The van der Waals surface area contributed by atoms with E-state index in [1.54, 1.807) is 6.07 Å². The number of piperidine rings is 1. The Morgan fingerprint density at radius 2 is 2.24 bits per heavy atom. The topological polar surface area (TPSA) is 76.8 Å². The number of nitrogens with two attached hydrogens (primary N) is 1. The number of amides is 1. The Kier molecular flexibility index (Phi) is 4.26. The van der Waals surface area contributed by atoms with E-state index in [-0.39, 0.29) is 12.7 Å². The van der Waals surface area contributed by atoms with Gasteiger partial charge in [-0.3, -0.25) is 9.69 Å². The molecule has 0 bridgehead atoms. The van der Waals surface area contributed by atoms with Crippen molar-refractivity contribution in [2.75, 3.05) is 38.3 Å². The molecule has 1 atom stereocenters. The molecule has 0 saturated carbocycles. The van der Waals surface area contributed by atoms with E-state index in [4.69, 9.17) is 15.2 Å². The Hall–Kier alpha value is -1.79. The van der Waals surface area contributed by atoms with Gasteiger partial charge in [0.1, 0.15) is 0 Å². The van der Waals surface area contributed by atoms with E-state index in [2.05, 4.69) is 10.2 Å². The molecule has 3 N–H and O–H groups in total. The first-order valence-corrected chi connectivity index (χ1v) is 7.36. The van der Waals surface area contributed by atoms with E-state index in [1.165, 1.54) is 0 Å². The molecule has 1 aromatic carbocycles. The molecule has 0 aliphatic carbocycles. The smallest absolute Gasteiger partial charge is 0.238 e. The van der Waals surface area contributed by atoms with E-state index in [1.807, 2.05) is 12.1 Å². The van der Waals surface area contributed by atoms with Crippen LogP contribution in [0, 0.1) is 5.92 Å². The lowest BCUT2D eigenvalue weighted by atomic mass is 9.98. The van der Waals surface area contributed by atoms with E-state index in [9.17, 15) is 4.79 Å². The van der Waals surface area contributed by atoms with Crippen LogP contribution in [0.1, 0.15) is 12.8 Å². The van der Waals surface area contributed by atoms with Gasteiger partial charge in [0.05, 0.1) is 6.54 Å². The van der Waals surface area contributed by atoms with Gasteiger partial charge in [-0.25, -0.2) is 0 Å². The van der Waals surface area contributed by atoms with Gasteiger partial charge in [-0.1, -0.05) is 0 Å². The first kappa shape index (κ1) is 14.2. The summed E-state index contributed by atoms with van der Waals surface area (Å²) in [4.78, 5) is 14.3. The van der Waals surface area contributed by atoms with Crippen LogP contribution in [-0.4, -0.2) is 43.8 Å². The fourth-order valence-electron chi connectivity index (χ4n) is 2.87. The molecule has 6 heteroatoms. The van der Waals surface area contributed by atoms with Crippen LogP contribution in [-0.2, 0) is 4.79 Å². The number of likely N-dealkylation sites (tertiary alicyclic amines) is 1. The normalized spacial score (nSPS) is 21.3. The molecule has 114 valence electrons. The summed E-state index contributed by atoms with van der Waals surface area (Å²) in [6.07, 6.45) is 2.27. The number of carbonyl (C=O) groups is 1. The molecule has 0 radical (unpaired) electrons. The lowest BCUT2D eigenvalue weighted by molar-refractivity contribution is -0.117. The van der Waals surface area contributed by atoms with Crippen molar-refractivity contribution in [3.63, 3.8) is 0 Å². The molecular formula is C15H21N3O3. The SMILES string of the molecule is NCC1CCCN(CC(=O)Nc2ccc3c(c2)OCO3)C1. The average molecular weight is 291 g/mol. The zero-order valence-electron chi connectivity index (χ0n) is 12.0. The molecule has 1 saturated heterocycles. The maximum Gasteiger partial charge on any atom is 0.238 e. The monoisotopic (exact) mass is 291 g/mol. The van der Waals surface area contributed by atoms with Crippen LogP contribution in [0.25, 0.3) is 0 Å². The molecule has 1 unspecified atom stereocenters. The Bertz CT molecular complexity index is 521. The van der Waals surface area contributed by atoms with Crippen LogP contribution in [0.3, 0.4) is 0 Å². The van der Waals surface area contributed by atoms with Crippen molar-refractivity contribution in [1.29, 1.82) is 0 Å². The number of benzene rings is 1. The van der Waals surface area contributed by atoms with Gasteiger partial charge in [-0.05, 0) is 44.0 Å². The highest BCUT2D eigenvalue weighted by molar-refractivity contribution is 5.92. The second-order valence-corrected chi connectivity index (χ2v) is 5.60. The fourth-order valence-corrected chi connectivity index (χ4v) is 2.87. The Morgan fingerprint density at radius 3 is 3.10 bits per heavy atom. The molecule has 2 heterocycles. The standard InChI is InChI=1S/C15H21N3O3/c16-7-11-2-1-5-18(8-11)9-15(19)17-12-3-4-13-14(6-12)21-10-20-13/h3-4,6,11H,1-2,5,7-10,16H2,(H,17,19). The summed E-state index contributed by atoms with van der Waals surface area (Å²) < 4.78 is 10.6. The van der Waals surface area contributed by atoms with Crippen molar-refractivity contribution in [2.45, 2.75) is 12.8 Å². The van der Waals surface area contributed by atoms with Gasteiger partial charge in [-0.15, -0.1) is 0 Å². The van der Waals surface area contributed by atoms with Gasteiger partial charge < -0.3 is 20.5 Å². The zero-order valence-corrected chi connectivity index (χ0v) is 12.0. The van der Waals surface area contributed by atoms with Crippen LogP contribution < -0.4 is 20.5 Å². The number of hydrogen-bond donors (Lipinski definition) is 2. The zero-order chi connectivity index (χ0) is 14.7. The predicted octanol–water partition coefficient (Wildman–Crippen LogP) is 1.02. The Balaban J connectivity index is 1.54. The highest BCUT2D eigenvalue weighted by Crippen LogP contribution is 2.34. The molecule has 2 aliphatic rings. The first-order chi connectivity index (χ1) is 10.2. The van der Waals surface area contributed by atoms with E-state index >= 15 is 0 Å². The summed E-state index contributed by atoms with van der Waals surface area (Å²) in [5.74, 6) is 1.90. The predicted molar refractivity (Wildman–Crippen MR) is 79.4 cm³/mol. The molecule has 0 spiro atoms. The van der Waals surface area contributed by atoms with Gasteiger partial charge in [-0.2, -0.15) is 0 Å². The summed E-state index contributed by atoms with van der Waals surface area (Å²) in [6, 6.07) is 5.42. The summed E-state index contributed by atoms with van der Waals surface area (Å²) in [5.41, 5.74) is 6.45. The number of ether oxygens (including phenoxy) is 2. The summed E-state index contributed by atoms with van der Waals surface area (Å²) in [7, 11) is 0. The minimum Gasteiger partial charge on any atom is -0.454 e. The number of rotatable bonds is 4. The van der Waals surface area contributed by atoms with Gasteiger partial charge >= 0.3 is 0 Å². The van der Waals surface area contributed by atoms with Crippen molar-refractivity contribution >= 4 is 11.6 Å². The molecule has 1 fully saturated rings. The third kappa shape index (κ3) is 3.46. The summed E-state index contributed by atoms with van der Waals surface area (Å²) >= 11 is 0. The number of fused-ring (bicyclic) bond motifs is 1. The van der Waals surface area contributed by atoms with E-state index in [0.29, 0.717) is 24.8 Å². The molecule has 6 nitrogen and oxygen atoms in total. The third-order valence-electron chi connectivity index (χ3n) is 3.96. The summed E-state index contributed by atoms with van der Waals surface area (Å²) in [6.45, 7) is 3.21. The van der Waals surface area contributed by atoms with Crippen molar-refractivity contribution < 1.29 is 14.3 Å². The highest BCUT2D eigenvalue weighted by atomic mass is 16.7. The Morgan fingerprint density at radius 1 is 1.38 bits per heavy atom. The second-order valence-electron chi connectivity index (χ2n) is 5.60. The Labute approximate surface area is 124 Å². The van der Waals surface area contributed by atoms with E-state index in [0.717, 1.165) is 37.4 Å². The number of anilines is 1. The molecule has 0 aromatic heterocycles. The van der Waals surface area contributed by atoms with Gasteiger partial charge in [0, 0.05) is 18.3 Å². The maximum atomic E-state index is 12.1. The van der Waals surface area contributed by atoms with Crippen LogP contribution >= 0.6 is 0 Å². The minimum atomic E-state index is -0.00784. The second kappa shape index (κ2) is 6.32. The quantitative estimate of drug-likeness (QED) is 0.866. The lowest BCUT2D eigenvalue weighted by Gasteiger charge is -2.31. The van der Waals surface area contributed by atoms with Gasteiger partial charge in [0.25, 0.3) is 0 Å². The number of carbonyl (C=O) groups excluding carboxylic acids is 1. The number of nitrogens with zero attached hydrogens (tertiary/aromatic N) is 1. The molecule has 1 amide bonds. The first-order valence-electron chi connectivity index (χ1n) is 7.36. The van der Waals surface area contributed by atoms with Crippen molar-refractivity contribution in [3.05, 3.63) is 18.2 Å². The highest BCUT2D eigenvalue weighted by Gasteiger charge is 2.21. The van der Waals surface area contributed by atoms with Crippen LogP contribution in [0.15, 0.2) is 18.2 Å². The number of nitrogens with one attached hydrogen (secondary N) is 1.